The van der Waals surface area contributed by atoms with Crippen molar-refractivity contribution in [3.8, 4) is 0 Å². The molecule has 0 unspecified atom stereocenters. The molecular weight excluding hydrogens is 340 g/mol. The fraction of sp³-hybridized carbons (Fsp3) is 0.318. The van der Waals surface area contributed by atoms with Crippen molar-refractivity contribution in [3.05, 3.63) is 70.3 Å². The van der Waals surface area contributed by atoms with Crippen molar-refractivity contribution in [3.63, 3.8) is 0 Å². The minimum atomic E-state index is -1.01. The first-order valence-corrected chi connectivity index (χ1v) is 9.46. The largest absolute Gasteiger partial charge is 0.325 e. The zero-order valence-electron chi connectivity index (χ0n) is 15.0. The van der Waals surface area contributed by atoms with Gasteiger partial charge < -0.3 is 5.32 Å². The molecule has 1 aliphatic heterocycles. The number of benzene rings is 2. The summed E-state index contributed by atoms with van der Waals surface area (Å²) >= 11 is 0. The number of fused-ring (bicyclic) bond motifs is 3. The summed E-state index contributed by atoms with van der Waals surface area (Å²) in [5.41, 5.74) is 4.01. The van der Waals surface area contributed by atoms with Crippen LogP contribution < -0.4 is 5.32 Å². The van der Waals surface area contributed by atoms with Crippen molar-refractivity contribution in [1.29, 1.82) is 0 Å². The second kappa shape index (κ2) is 5.78. The lowest BCUT2D eigenvalue weighted by Crippen LogP contribution is -2.42. The highest BCUT2D eigenvalue weighted by molar-refractivity contribution is 6.11. The van der Waals surface area contributed by atoms with E-state index in [1.165, 1.54) is 11.1 Å². The molecule has 5 nitrogen and oxygen atoms in total. The molecule has 0 radical (unpaired) electrons. The van der Waals surface area contributed by atoms with Gasteiger partial charge in [-0.05, 0) is 60.4 Å². The van der Waals surface area contributed by atoms with E-state index < -0.39 is 11.6 Å². The molecule has 1 atom stereocenters. The molecule has 2 aromatic rings. The summed E-state index contributed by atoms with van der Waals surface area (Å²) in [6.07, 6.45) is 4.44. The van der Waals surface area contributed by atoms with Crippen LogP contribution in [0, 0.1) is 0 Å². The van der Waals surface area contributed by atoms with Gasteiger partial charge in [0.05, 0.1) is 6.54 Å². The summed E-state index contributed by atoms with van der Waals surface area (Å²) in [5, 5.41) is 2.87. The lowest BCUT2D eigenvalue weighted by atomic mass is 9.92. The number of hydrogen-bond donors (Lipinski definition) is 1. The minimum absolute atomic E-state index is 0.198. The summed E-state index contributed by atoms with van der Waals surface area (Å²) in [4.78, 5) is 39.5. The first kappa shape index (κ1) is 16.2. The molecule has 27 heavy (non-hydrogen) atoms. The molecule has 5 heteroatoms. The van der Waals surface area contributed by atoms with E-state index in [0.717, 1.165) is 41.7 Å². The second-order valence-electron chi connectivity index (χ2n) is 7.64. The number of urea groups is 1. The molecule has 0 aromatic heterocycles. The van der Waals surface area contributed by atoms with E-state index in [-0.39, 0.29) is 18.2 Å². The predicted octanol–water partition coefficient (Wildman–Crippen LogP) is 2.75. The van der Waals surface area contributed by atoms with E-state index in [0.29, 0.717) is 12.0 Å². The third kappa shape index (κ3) is 2.34. The zero-order valence-corrected chi connectivity index (χ0v) is 15.0. The molecule has 1 N–H and O–H groups in total. The average molecular weight is 360 g/mol. The van der Waals surface area contributed by atoms with Gasteiger partial charge in [0.1, 0.15) is 5.54 Å². The minimum Gasteiger partial charge on any atom is -0.319 e. The Kier molecular flexibility index (Phi) is 3.47. The topological polar surface area (TPSA) is 66.5 Å². The second-order valence-corrected chi connectivity index (χ2v) is 7.64. The Morgan fingerprint density at radius 2 is 1.81 bits per heavy atom. The number of hydrogen-bond acceptors (Lipinski definition) is 3. The maximum atomic E-state index is 13.1. The van der Waals surface area contributed by atoms with Crippen molar-refractivity contribution in [2.75, 3.05) is 6.54 Å². The van der Waals surface area contributed by atoms with E-state index in [4.69, 9.17) is 0 Å². The highest BCUT2D eigenvalue weighted by Crippen LogP contribution is 2.41. The first-order chi connectivity index (χ1) is 13.1. The zero-order chi connectivity index (χ0) is 18.6. The van der Waals surface area contributed by atoms with Gasteiger partial charge in [-0.3, -0.25) is 14.5 Å². The van der Waals surface area contributed by atoms with E-state index in [9.17, 15) is 14.4 Å². The van der Waals surface area contributed by atoms with Crippen LogP contribution in [0.1, 0.15) is 45.5 Å². The van der Waals surface area contributed by atoms with Crippen LogP contribution in [0.3, 0.4) is 0 Å². The number of amides is 3. The summed E-state index contributed by atoms with van der Waals surface area (Å²) in [6, 6.07) is 12.9. The van der Waals surface area contributed by atoms with Crippen LogP contribution in [-0.2, 0) is 29.6 Å². The number of imide groups is 1. The predicted molar refractivity (Wildman–Crippen MR) is 99.5 cm³/mol. The summed E-state index contributed by atoms with van der Waals surface area (Å²) in [5.74, 6) is -0.511. The third-order valence-corrected chi connectivity index (χ3v) is 6.14. The van der Waals surface area contributed by atoms with Gasteiger partial charge in [-0.1, -0.05) is 36.4 Å². The standard InChI is InChI=1S/C22H20N2O3/c25-19(17-9-8-14-5-3-6-16(14)12-17)13-24-20(26)22(23-21(24)27)11-10-15-4-1-2-7-18(15)22/h1-2,4,7-9,12H,3,5-6,10-11,13H2,(H,23,27)/t22-/m0/s1. The van der Waals surface area contributed by atoms with Crippen LogP contribution in [0.2, 0.25) is 0 Å². The monoisotopic (exact) mass is 360 g/mol. The Morgan fingerprint density at radius 3 is 2.70 bits per heavy atom. The SMILES string of the molecule is O=C(CN1C(=O)N[C@]2(CCc3ccccc32)C1=O)c1ccc2c(c1)CCC2. The third-order valence-electron chi connectivity index (χ3n) is 6.14. The Morgan fingerprint density at radius 1 is 1.00 bits per heavy atom. The Bertz CT molecular complexity index is 997. The molecule has 1 saturated heterocycles. The van der Waals surface area contributed by atoms with Crippen molar-refractivity contribution in [2.45, 2.75) is 37.6 Å². The molecular formula is C22H20N2O3. The fourth-order valence-corrected chi connectivity index (χ4v) is 4.71. The van der Waals surface area contributed by atoms with E-state index in [2.05, 4.69) is 5.32 Å². The number of nitrogens with zero attached hydrogens (tertiary/aromatic N) is 1. The van der Waals surface area contributed by atoms with Gasteiger partial charge in [-0.15, -0.1) is 0 Å². The summed E-state index contributed by atoms with van der Waals surface area (Å²) in [7, 11) is 0. The summed E-state index contributed by atoms with van der Waals surface area (Å²) < 4.78 is 0. The van der Waals surface area contributed by atoms with E-state index in [1.807, 2.05) is 42.5 Å². The molecule has 0 saturated carbocycles. The Hall–Kier alpha value is -2.95. The van der Waals surface area contributed by atoms with E-state index >= 15 is 0 Å². The lowest BCUT2D eigenvalue weighted by Gasteiger charge is -2.22. The normalized spacial score (nSPS) is 22.9. The molecule has 1 fully saturated rings. The highest BCUT2D eigenvalue weighted by Gasteiger charge is 2.55. The van der Waals surface area contributed by atoms with Crippen LogP contribution >= 0.6 is 0 Å². The van der Waals surface area contributed by atoms with Crippen molar-refractivity contribution >= 4 is 17.7 Å². The molecule has 3 amide bonds. The lowest BCUT2D eigenvalue weighted by molar-refractivity contribution is -0.131. The Labute approximate surface area is 157 Å². The van der Waals surface area contributed by atoms with Gasteiger partial charge in [0.15, 0.2) is 5.78 Å². The van der Waals surface area contributed by atoms with Crippen molar-refractivity contribution < 1.29 is 14.4 Å². The van der Waals surface area contributed by atoms with Gasteiger partial charge in [-0.2, -0.15) is 0 Å². The first-order valence-electron chi connectivity index (χ1n) is 9.46. The maximum Gasteiger partial charge on any atom is 0.325 e. The van der Waals surface area contributed by atoms with Gasteiger partial charge in [-0.25, -0.2) is 4.79 Å². The number of carbonyl (C=O) groups is 3. The average Bonchev–Trinajstić information content (AvgIpc) is 3.35. The molecule has 1 heterocycles. The highest BCUT2D eigenvalue weighted by atomic mass is 16.2. The van der Waals surface area contributed by atoms with Gasteiger partial charge >= 0.3 is 6.03 Å². The van der Waals surface area contributed by atoms with Gasteiger partial charge in [0.25, 0.3) is 5.91 Å². The number of ketones is 1. The molecule has 3 aliphatic rings. The fourth-order valence-electron chi connectivity index (χ4n) is 4.71. The number of carbonyl (C=O) groups excluding carboxylic acids is 3. The van der Waals surface area contributed by atoms with Crippen LogP contribution in [0.25, 0.3) is 0 Å². The van der Waals surface area contributed by atoms with Crippen molar-refractivity contribution in [2.24, 2.45) is 0 Å². The number of Topliss-reactive ketones (excluding diaryl/α,β-unsaturated/α-hetero) is 1. The molecule has 5 rings (SSSR count). The molecule has 1 spiro atoms. The van der Waals surface area contributed by atoms with Crippen molar-refractivity contribution in [1.82, 2.24) is 10.2 Å². The molecule has 136 valence electrons. The van der Waals surface area contributed by atoms with Gasteiger partial charge in [0, 0.05) is 5.56 Å². The van der Waals surface area contributed by atoms with Crippen LogP contribution in [0.5, 0.6) is 0 Å². The number of nitrogens with one attached hydrogen (secondary N) is 1. The van der Waals surface area contributed by atoms with Crippen LogP contribution in [-0.4, -0.2) is 29.2 Å². The van der Waals surface area contributed by atoms with Crippen LogP contribution in [0.4, 0.5) is 4.79 Å². The summed E-state index contributed by atoms with van der Waals surface area (Å²) in [6.45, 7) is -0.215. The number of aryl methyl sites for hydroxylation is 3. The van der Waals surface area contributed by atoms with Gasteiger partial charge in [0.2, 0.25) is 0 Å². The van der Waals surface area contributed by atoms with Crippen LogP contribution in [0.15, 0.2) is 42.5 Å². The maximum absolute atomic E-state index is 13.1. The molecule has 2 aromatic carbocycles. The Balaban J connectivity index is 1.41. The molecule has 0 bridgehead atoms. The smallest absolute Gasteiger partial charge is 0.319 e. The number of rotatable bonds is 3. The van der Waals surface area contributed by atoms with E-state index in [1.54, 1.807) is 0 Å². The molecule has 2 aliphatic carbocycles. The quantitative estimate of drug-likeness (QED) is 0.676.